The molecule has 0 aliphatic carbocycles. The van der Waals surface area contributed by atoms with Gasteiger partial charge < -0.3 is 4.74 Å². The van der Waals surface area contributed by atoms with E-state index in [-0.39, 0.29) is 5.82 Å². The van der Waals surface area contributed by atoms with Crippen molar-refractivity contribution in [2.75, 3.05) is 0 Å². The number of hydrogen-bond donors (Lipinski definition) is 0. The highest BCUT2D eigenvalue weighted by Gasteiger charge is 2.19. The summed E-state index contributed by atoms with van der Waals surface area (Å²) in [6, 6.07) is 1.74. The molecular formula is C10H13BrN2O2. The molecule has 1 aromatic rings. The summed E-state index contributed by atoms with van der Waals surface area (Å²) in [5.41, 5.74) is 0.232. The van der Waals surface area contributed by atoms with Gasteiger partial charge in [0.1, 0.15) is 5.60 Å². The Morgan fingerprint density at radius 3 is 2.73 bits per heavy atom. The summed E-state index contributed by atoms with van der Waals surface area (Å²) >= 11 is 3.26. The van der Waals surface area contributed by atoms with E-state index in [4.69, 9.17) is 4.74 Å². The lowest BCUT2D eigenvalue weighted by atomic mass is 10.2. The first-order valence-corrected chi connectivity index (χ1v) is 5.66. The zero-order chi connectivity index (χ0) is 11.5. The van der Waals surface area contributed by atoms with Crippen LogP contribution in [0.15, 0.2) is 12.3 Å². The molecule has 0 saturated carbocycles. The maximum absolute atomic E-state index is 11.6. The predicted molar refractivity (Wildman–Crippen MR) is 59.8 cm³/mol. The van der Waals surface area contributed by atoms with E-state index in [2.05, 4.69) is 25.9 Å². The number of alkyl halides is 1. The second kappa shape index (κ2) is 4.70. The van der Waals surface area contributed by atoms with Crippen molar-refractivity contribution >= 4 is 21.9 Å². The van der Waals surface area contributed by atoms with E-state index >= 15 is 0 Å². The van der Waals surface area contributed by atoms with E-state index in [1.54, 1.807) is 33.0 Å². The van der Waals surface area contributed by atoms with Crippen molar-refractivity contribution in [1.29, 1.82) is 0 Å². The minimum atomic E-state index is -0.523. The fraction of sp³-hybridized carbons (Fsp3) is 0.500. The van der Waals surface area contributed by atoms with Crippen LogP contribution in [0.25, 0.3) is 0 Å². The number of ether oxygens (including phenoxy) is 1. The zero-order valence-corrected chi connectivity index (χ0v) is 10.5. The largest absolute Gasteiger partial charge is 0.454 e. The highest BCUT2D eigenvalue weighted by atomic mass is 79.9. The van der Waals surface area contributed by atoms with Crippen molar-refractivity contribution in [2.45, 2.75) is 31.7 Å². The highest BCUT2D eigenvalue weighted by molar-refractivity contribution is 9.08. The Morgan fingerprint density at radius 1 is 1.53 bits per heavy atom. The molecule has 1 heterocycles. The van der Waals surface area contributed by atoms with Crippen molar-refractivity contribution in [3.8, 4) is 0 Å². The van der Waals surface area contributed by atoms with Crippen LogP contribution in [-0.2, 0) is 10.1 Å². The minimum Gasteiger partial charge on any atom is -0.454 e. The van der Waals surface area contributed by atoms with E-state index < -0.39 is 11.6 Å². The van der Waals surface area contributed by atoms with Gasteiger partial charge in [0.15, 0.2) is 0 Å². The lowest BCUT2D eigenvalue weighted by Crippen LogP contribution is -2.25. The molecule has 5 heteroatoms. The maximum atomic E-state index is 11.6. The summed E-state index contributed by atoms with van der Waals surface area (Å²) in [6.45, 7) is 5.41. The van der Waals surface area contributed by atoms with E-state index in [0.29, 0.717) is 5.33 Å². The topological polar surface area (TPSA) is 52.1 Å². The highest BCUT2D eigenvalue weighted by Crippen LogP contribution is 2.10. The van der Waals surface area contributed by atoms with Gasteiger partial charge in [-0.1, -0.05) is 15.9 Å². The van der Waals surface area contributed by atoms with Crippen molar-refractivity contribution in [2.24, 2.45) is 0 Å². The Balaban J connectivity index is 2.82. The van der Waals surface area contributed by atoms with Crippen molar-refractivity contribution in [3.63, 3.8) is 0 Å². The molecule has 4 nitrogen and oxygen atoms in total. The van der Waals surface area contributed by atoms with Gasteiger partial charge in [0.2, 0.25) is 5.82 Å². The molecule has 0 radical (unpaired) electrons. The number of rotatable bonds is 2. The van der Waals surface area contributed by atoms with Crippen molar-refractivity contribution in [1.82, 2.24) is 9.97 Å². The van der Waals surface area contributed by atoms with Crippen LogP contribution in [0.1, 0.15) is 37.1 Å². The molecule has 0 saturated heterocycles. The van der Waals surface area contributed by atoms with Crippen LogP contribution in [0.2, 0.25) is 0 Å². The van der Waals surface area contributed by atoms with Gasteiger partial charge in [0.25, 0.3) is 0 Å². The third-order valence-electron chi connectivity index (χ3n) is 1.43. The summed E-state index contributed by atoms with van der Waals surface area (Å²) in [5.74, 6) is -0.396. The Kier molecular flexibility index (Phi) is 3.79. The normalized spacial score (nSPS) is 11.2. The summed E-state index contributed by atoms with van der Waals surface area (Å²) in [7, 11) is 0. The minimum absolute atomic E-state index is 0.0990. The van der Waals surface area contributed by atoms with Crippen LogP contribution in [0.3, 0.4) is 0 Å². The van der Waals surface area contributed by atoms with Gasteiger partial charge in [0, 0.05) is 11.5 Å². The number of aromatic nitrogens is 2. The monoisotopic (exact) mass is 272 g/mol. The standard InChI is InChI=1S/C10H13BrN2O2/c1-10(2,3)15-9(14)8-12-5-4-7(6-11)13-8/h4-5H,6H2,1-3H3. The molecule has 0 unspecified atom stereocenters. The number of carbonyl (C=O) groups excluding carboxylic acids is 1. The van der Waals surface area contributed by atoms with E-state index in [0.717, 1.165) is 5.69 Å². The van der Waals surface area contributed by atoms with Crippen molar-refractivity contribution < 1.29 is 9.53 Å². The molecule has 0 atom stereocenters. The Hall–Kier alpha value is -0.970. The molecule has 0 aliphatic heterocycles. The molecule has 0 amide bonds. The summed E-state index contributed by atoms with van der Waals surface area (Å²) < 4.78 is 5.14. The molecule has 0 aliphatic rings. The third-order valence-corrected chi connectivity index (χ3v) is 2.01. The number of hydrogen-bond acceptors (Lipinski definition) is 4. The first kappa shape index (κ1) is 12.1. The van der Waals surface area contributed by atoms with Gasteiger partial charge in [-0.05, 0) is 26.8 Å². The molecule has 1 aromatic heterocycles. The fourth-order valence-corrected chi connectivity index (χ4v) is 1.20. The second-order valence-corrected chi connectivity index (χ2v) is 4.57. The predicted octanol–water partition coefficient (Wildman–Crippen LogP) is 2.33. The molecule has 0 aromatic carbocycles. The van der Waals surface area contributed by atoms with Crippen LogP contribution >= 0.6 is 15.9 Å². The molecule has 0 N–H and O–H groups in total. The van der Waals surface area contributed by atoms with E-state index in [1.807, 2.05) is 0 Å². The number of nitrogens with zero attached hydrogens (tertiary/aromatic N) is 2. The van der Waals surface area contributed by atoms with Gasteiger partial charge in [-0.25, -0.2) is 14.8 Å². The SMILES string of the molecule is CC(C)(C)OC(=O)c1nccc(CBr)n1. The molecular weight excluding hydrogens is 260 g/mol. The average molecular weight is 273 g/mol. The zero-order valence-electron chi connectivity index (χ0n) is 8.95. The molecule has 0 spiro atoms. The van der Waals surface area contributed by atoms with Crippen LogP contribution in [0.5, 0.6) is 0 Å². The van der Waals surface area contributed by atoms with Crippen LogP contribution in [0.4, 0.5) is 0 Å². The quantitative estimate of drug-likeness (QED) is 0.613. The van der Waals surface area contributed by atoms with Crippen molar-refractivity contribution in [3.05, 3.63) is 23.8 Å². The first-order chi connectivity index (χ1) is 6.92. The number of halogens is 1. The molecule has 1 rings (SSSR count). The average Bonchev–Trinajstić information content (AvgIpc) is 2.15. The number of carbonyl (C=O) groups is 1. The summed E-state index contributed by atoms with van der Waals surface area (Å²) in [5, 5.41) is 0.589. The second-order valence-electron chi connectivity index (χ2n) is 4.01. The van der Waals surface area contributed by atoms with Gasteiger partial charge in [0.05, 0.1) is 5.69 Å². The van der Waals surface area contributed by atoms with Crippen LogP contribution in [0, 0.1) is 0 Å². The van der Waals surface area contributed by atoms with Crippen LogP contribution < -0.4 is 0 Å². The van der Waals surface area contributed by atoms with E-state index in [1.165, 1.54) is 0 Å². The number of esters is 1. The Morgan fingerprint density at radius 2 is 2.20 bits per heavy atom. The third kappa shape index (κ3) is 3.95. The molecule has 0 bridgehead atoms. The Labute approximate surface area is 97.2 Å². The smallest absolute Gasteiger partial charge is 0.376 e. The van der Waals surface area contributed by atoms with Gasteiger partial charge >= 0.3 is 5.97 Å². The molecule has 15 heavy (non-hydrogen) atoms. The lowest BCUT2D eigenvalue weighted by Gasteiger charge is -2.18. The lowest BCUT2D eigenvalue weighted by molar-refractivity contribution is 0.00552. The summed E-state index contributed by atoms with van der Waals surface area (Å²) in [6.07, 6.45) is 1.54. The Bertz CT molecular complexity index is 361. The van der Waals surface area contributed by atoms with Gasteiger partial charge in [-0.15, -0.1) is 0 Å². The van der Waals surface area contributed by atoms with Gasteiger partial charge in [-0.3, -0.25) is 0 Å². The molecule has 82 valence electrons. The summed E-state index contributed by atoms with van der Waals surface area (Å²) in [4.78, 5) is 19.5. The van der Waals surface area contributed by atoms with E-state index in [9.17, 15) is 4.79 Å². The van der Waals surface area contributed by atoms with Crippen LogP contribution in [-0.4, -0.2) is 21.5 Å². The van der Waals surface area contributed by atoms with Gasteiger partial charge in [-0.2, -0.15) is 0 Å². The molecule has 0 fully saturated rings. The fourth-order valence-electron chi connectivity index (χ4n) is 0.893. The maximum Gasteiger partial charge on any atom is 0.376 e. The first-order valence-electron chi connectivity index (χ1n) is 4.53.